The van der Waals surface area contributed by atoms with Crippen LogP contribution in [-0.4, -0.2) is 17.3 Å². The van der Waals surface area contributed by atoms with Gasteiger partial charge in [0.25, 0.3) is 5.89 Å². The average Bonchev–Trinajstić information content (AvgIpc) is 2.73. The van der Waals surface area contributed by atoms with Crippen molar-refractivity contribution >= 4 is 0 Å². The Morgan fingerprint density at radius 1 is 1.17 bits per heavy atom. The molecule has 4 nitrogen and oxygen atoms in total. The maximum absolute atomic E-state index is 5.54. The van der Waals surface area contributed by atoms with Crippen LogP contribution in [0.2, 0.25) is 0 Å². The highest BCUT2D eigenvalue weighted by Gasteiger charge is 2.23. The third kappa shape index (κ3) is 2.23. The normalized spacial score (nSPS) is 11.6. The van der Waals surface area contributed by atoms with Gasteiger partial charge in [-0.05, 0) is 11.5 Å². The van der Waals surface area contributed by atoms with Crippen LogP contribution >= 0.6 is 0 Å². The number of ether oxygens (including phenoxy) is 1. The second kappa shape index (κ2) is 4.44. The summed E-state index contributed by atoms with van der Waals surface area (Å²) in [5.74, 6) is 1.84. The summed E-state index contributed by atoms with van der Waals surface area (Å²) in [7, 11) is 1.66. The van der Waals surface area contributed by atoms with Crippen LogP contribution in [0.25, 0.3) is 11.5 Å². The summed E-state index contributed by atoms with van der Waals surface area (Å²) in [6.07, 6.45) is 0. The summed E-state index contributed by atoms with van der Waals surface area (Å²) >= 11 is 0. The second-order valence-corrected chi connectivity index (χ2v) is 5.26. The van der Waals surface area contributed by atoms with Crippen LogP contribution in [0.3, 0.4) is 0 Å². The molecule has 4 heteroatoms. The Bertz CT molecular complexity index is 553. The Morgan fingerprint density at radius 2 is 1.89 bits per heavy atom. The minimum atomic E-state index is -0.00355. The molecule has 0 unspecified atom stereocenters. The quantitative estimate of drug-likeness (QED) is 0.815. The number of rotatable bonds is 2. The highest BCUT2D eigenvalue weighted by Crippen LogP contribution is 2.38. The molecule has 0 bridgehead atoms. The molecule has 0 aliphatic heterocycles. The summed E-state index contributed by atoms with van der Waals surface area (Å²) in [5, 5.41) is 7.91. The van der Waals surface area contributed by atoms with Crippen molar-refractivity contribution in [2.24, 2.45) is 0 Å². The molecule has 1 aromatic heterocycles. The van der Waals surface area contributed by atoms with Crippen molar-refractivity contribution in [3.05, 3.63) is 29.7 Å². The first kappa shape index (κ1) is 12.6. The van der Waals surface area contributed by atoms with Gasteiger partial charge in [0.1, 0.15) is 5.75 Å². The van der Waals surface area contributed by atoms with Gasteiger partial charge in [0, 0.05) is 12.5 Å². The van der Waals surface area contributed by atoms with Gasteiger partial charge >= 0.3 is 0 Å². The number of hydrogen-bond donors (Lipinski definition) is 0. The van der Waals surface area contributed by atoms with Crippen molar-refractivity contribution in [2.75, 3.05) is 7.11 Å². The van der Waals surface area contributed by atoms with Crippen LogP contribution in [0, 0.1) is 6.92 Å². The van der Waals surface area contributed by atoms with E-state index in [9.17, 15) is 0 Å². The standard InChI is InChI=1S/C14H18N2O2/c1-9-15-16-13(18-9)10-7-6-8-11(12(10)17-5)14(2,3)4/h6-8H,1-5H3. The summed E-state index contributed by atoms with van der Waals surface area (Å²) in [5.41, 5.74) is 1.96. The van der Waals surface area contributed by atoms with Gasteiger partial charge in [0.05, 0.1) is 12.7 Å². The molecule has 0 aliphatic rings. The number of aryl methyl sites for hydroxylation is 1. The van der Waals surface area contributed by atoms with Crippen LogP contribution in [0.4, 0.5) is 0 Å². The molecule has 0 aliphatic carbocycles. The smallest absolute Gasteiger partial charge is 0.251 e. The molecule has 0 spiro atoms. The Kier molecular flexibility index (Phi) is 3.11. The first-order valence-corrected chi connectivity index (χ1v) is 5.91. The van der Waals surface area contributed by atoms with E-state index in [4.69, 9.17) is 9.15 Å². The van der Waals surface area contributed by atoms with Crippen molar-refractivity contribution in [3.8, 4) is 17.2 Å². The van der Waals surface area contributed by atoms with Gasteiger partial charge in [-0.25, -0.2) is 0 Å². The summed E-state index contributed by atoms with van der Waals surface area (Å²) in [6, 6.07) is 5.98. The molecule has 0 radical (unpaired) electrons. The lowest BCUT2D eigenvalue weighted by Crippen LogP contribution is -2.13. The van der Waals surface area contributed by atoms with E-state index in [-0.39, 0.29) is 5.41 Å². The van der Waals surface area contributed by atoms with Gasteiger partial charge in [-0.2, -0.15) is 0 Å². The van der Waals surface area contributed by atoms with Crippen LogP contribution in [0.15, 0.2) is 22.6 Å². The molecule has 18 heavy (non-hydrogen) atoms. The van der Waals surface area contributed by atoms with Gasteiger partial charge in [-0.15, -0.1) is 10.2 Å². The van der Waals surface area contributed by atoms with Crippen molar-refractivity contribution in [1.29, 1.82) is 0 Å². The van der Waals surface area contributed by atoms with E-state index >= 15 is 0 Å². The zero-order chi connectivity index (χ0) is 13.3. The maximum Gasteiger partial charge on any atom is 0.251 e. The molecule has 0 fully saturated rings. The third-order valence-corrected chi connectivity index (χ3v) is 2.78. The number of methoxy groups -OCH3 is 1. The predicted octanol–water partition coefficient (Wildman–Crippen LogP) is 3.35. The number of benzene rings is 1. The molecular weight excluding hydrogens is 228 g/mol. The Balaban J connectivity index is 2.62. The topological polar surface area (TPSA) is 48.2 Å². The number of nitrogens with zero attached hydrogens (tertiary/aromatic N) is 2. The number of para-hydroxylation sites is 1. The Hall–Kier alpha value is -1.84. The molecule has 1 heterocycles. The van der Waals surface area contributed by atoms with Gasteiger partial charge < -0.3 is 9.15 Å². The summed E-state index contributed by atoms with van der Waals surface area (Å²) < 4.78 is 11.0. The van der Waals surface area contributed by atoms with Crippen molar-refractivity contribution < 1.29 is 9.15 Å². The molecule has 0 atom stereocenters. The van der Waals surface area contributed by atoms with Crippen LogP contribution in [0.1, 0.15) is 32.2 Å². The first-order chi connectivity index (χ1) is 8.43. The Morgan fingerprint density at radius 3 is 2.39 bits per heavy atom. The monoisotopic (exact) mass is 246 g/mol. The SMILES string of the molecule is COc1c(-c2nnc(C)o2)cccc1C(C)(C)C. The lowest BCUT2D eigenvalue weighted by atomic mass is 9.85. The van der Waals surface area contributed by atoms with E-state index in [1.165, 1.54) is 0 Å². The lowest BCUT2D eigenvalue weighted by Gasteiger charge is -2.23. The van der Waals surface area contributed by atoms with E-state index in [1.807, 2.05) is 12.1 Å². The predicted molar refractivity (Wildman–Crippen MR) is 69.7 cm³/mol. The van der Waals surface area contributed by atoms with E-state index in [2.05, 4.69) is 37.0 Å². The summed E-state index contributed by atoms with van der Waals surface area (Å²) in [6.45, 7) is 8.21. The van der Waals surface area contributed by atoms with Crippen LogP contribution in [0.5, 0.6) is 5.75 Å². The zero-order valence-electron chi connectivity index (χ0n) is 11.4. The van der Waals surface area contributed by atoms with E-state index < -0.39 is 0 Å². The van der Waals surface area contributed by atoms with Crippen molar-refractivity contribution in [3.63, 3.8) is 0 Å². The molecule has 0 saturated carbocycles. The van der Waals surface area contributed by atoms with Gasteiger partial charge in [0.15, 0.2) is 0 Å². The molecule has 1 aromatic carbocycles. The molecule has 0 N–H and O–H groups in total. The highest BCUT2D eigenvalue weighted by atomic mass is 16.5. The zero-order valence-corrected chi connectivity index (χ0v) is 11.4. The Labute approximate surface area is 107 Å². The van der Waals surface area contributed by atoms with E-state index in [0.29, 0.717) is 11.8 Å². The second-order valence-electron chi connectivity index (χ2n) is 5.26. The fourth-order valence-electron chi connectivity index (χ4n) is 1.92. The molecule has 0 saturated heterocycles. The average molecular weight is 246 g/mol. The molecule has 96 valence electrons. The fraction of sp³-hybridized carbons (Fsp3) is 0.429. The number of aromatic nitrogens is 2. The minimum Gasteiger partial charge on any atom is -0.496 e. The fourth-order valence-corrected chi connectivity index (χ4v) is 1.92. The van der Waals surface area contributed by atoms with Crippen LogP contribution in [-0.2, 0) is 5.41 Å². The maximum atomic E-state index is 5.54. The van der Waals surface area contributed by atoms with Crippen molar-refractivity contribution in [1.82, 2.24) is 10.2 Å². The van der Waals surface area contributed by atoms with Crippen LogP contribution < -0.4 is 4.74 Å². The third-order valence-electron chi connectivity index (χ3n) is 2.78. The molecule has 2 aromatic rings. The lowest BCUT2D eigenvalue weighted by molar-refractivity contribution is 0.397. The largest absolute Gasteiger partial charge is 0.496 e. The highest BCUT2D eigenvalue weighted by molar-refractivity contribution is 5.66. The first-order valence-electron chi connectivity index (χ1n) is 5.91. The molecule has 2 rings (SSSR count). The van der Waals surface area contributed by atoms with Gasteiger partial charge in [-0.3, -0.25) is 0 Å². The van der Waals surface area contributed by atoms with Gasteiger partial charge in [0.2, 0.25) is 5.89 Å². The van der Waals surface area contributed by atoms with E-state index in [1.54, 1.807) is 14.0 Å². The summed E-state index contributed by atoms with van der Waals surface area (Å²) in [4.78, 5) is 0. The minimum absolute atomic E-state index is 0.00355. The van der Waals surface area contributed by atoms with Crippen molar-refractivity contribution in [2.45, 2.75) is 33.1 Å². The number of hydrogen-bond acceptors (Lipinski definition) is 4. The van der Waals surface area contributed by atoms with E-state index in [0.717, 1.165) is 16.9 Å². The molecular formula is C14H18N2O2. The van der Waals surface area contributed by atoms with Gasteiger partial charge in [-0.1, -0.05) is 32.9 Å². The molecule has 0 amide bonds.